The lowest BCUT2D eigenvalue weighted by Gasteiger charge is -2.45. The van der Waals surface area contributed by atoms with Crippen LogP contribution >= 0.6 is 0 Å². The first-order valence-corrected chi connectivity index (χ1v) is 9.00. The van der Waals surface area contributed by atoms with Crippen LogP contribution in [0, 0.1) is 0 Å². The third-order valence-corrected chi connectivity index (χ3v) is 4.70. The molecule has 0 unspecified atom stereocenters. The van der Waals surface area contributed by atoms with Crippen LogP contribution in [0.25, 0.3) is 0 Å². The molecule has 0 saturated carbocycles. The third kappa shape index (κ3) is 5.00. The van der Waals surface area contributed by atoms with Gasteiger partial charge < -0.3 is 4.74 Å². The molecule has 0 spiro atoms. The predicted molar refractivity (Wildman–Crippen MR) is 81.3 cm³/mol. The molecule has 0 aliphatic carbocycles. The van der Waals surface area contributed by atoms with E-state index in [1.54, 1.807) is 0 Å². The van der Waals surface area contributed by atoms with Crippen molar-refractivity contribution in [3.8, 4) is 0 Å². The van der Waals surface area contributed by atoms with Gasteiger partial charge in [0.25, 0.3) is 0 Å². The fraction of sp³-hybridized carbons (Fsp3) is 0.812. The molecule has 0 N–H and O–H groups in total. The lowest BCUT2D eigenvalue weighted by molar-refractivity contribution is -0.478. The summed E-state index contributed by atoms with van der Waals surface area (Å²) in [7, 11) is 0. The summed E-state index contributed by atoms with van der Waals surface area (Å²) in [6.45, 7) is -0.385. The van der Waals surface area contributed by atoms with Gasteiger partial charge in [-0.15, -0.1) is 0 Å². The zero-order valence-corrected chi connectivity index (χ0v) is 18.4. The summed E-state index contributed by atoms with van der Waals surface area (Å²) in [5.74, 6) is -90.8. The van der Waals surface area contributed by atoms with Gasteiger partial charge in [0, 0.05) is 5.57 Å². The Morgan fingerprint density at radius 2 is 0.683 bits per heavy atom. The highest BCUT2D eigenvalue weighted by atomic mass is 19.4. The molecule has 0 radical (unpaired) electrons. The third-order valence-electron chi connectivity index (χ3n) is 4.70. The molecule has 0 aliphatic heterocycles. The van der Waals surface area contributed by atoms with E-state index in [0.29, 0.717) is 6.92 Å². The van der Waals surface area contributed by atoms with Crippen molar-refractivity contribution in [3.05, 3.63) is 12.2 Å². The minimum atomic E-state index is -9.46. The second kappa shape index (κ2) is 9.82. The number of ether oxygens (including phenoxy) is 1. The topological polar surface area (TPSA) is 26.3 Å². The maximum Gasteiger partial charge on any atom is 0.460 e. The average Bonchev–Trinajstić information content (AvgIpc) is 2.75. The Morgan fingerprint density at radius 3 is 0.902 bits per heavy atom. The molecule has 0 amide bonds. The molecule has 0 aromatic carbocycles. The zero-order valence-electron chi connectivity index (χ0n) is 18.4. The number of halogens is 23. The van der Waals surface area contributed by atoms with E-state index < -0.39 is 83.6 Å². The van der Waals surface area contributed by atoms with E-state index in [1.165, 1.54) is 0 Å². The molecule has 25 heteroatoms. The quantitative estimate of drug-likeness (QED) is 0.120. The molecule has 0 aromatic rings. The summed E-state index contributed by atoms with van der Waals surface area (Å²) in [6, 6.07) is 0. The molecule has 0 bridgehead atoms. The van der Waals surface area contributed by atoms with Crippen LogP contribution in [0.4, 0.5) is 101 Å². The summed E-state index contributed by atoms with van der Waals surface area (Å²) in [5, 5.41) is 0. The van der Waals surface area contributed by atoms with Gasteiger partial charge in [0.2, 0.25) is 0 Å². The predicted octanol–water partition coefficient (Wildman–Crippen LogP) is 8.02. The second-order valence-corrected chi connectivity index (χ2v) is 7.73. The number of alkyl halides is 23. The molecule has 244 valence electrons. The van der Waals surface area contributed by atoms with Gasteiger partial charge in [0.1, 0.15) is 0 Å². The maximum absolute atomic E-state index is 13.7. The van der Waals surface area contributed by atoms with Gasteiger partial charge in [-0.05, 0) is 6.92 Å². The van der Waals surface area contributed by atoms with E-state index in [9.17, 15) is 106 Å². The molecule has 0 fully saturated rings. The van der Waals surface area contributed by atoms with Gasteiger partial charge in [-0.3, -0.25) is 0 Å². The Kier molecular flexibility index (Phi) is 9.25. The van der Waals surface area contributed by atoms with E-state index in [1.807, 2.05) is 0 Å². The lowest BCUT2D eigenvalue weighted by atomic mass is 9.85. The monoisotopic (exact) mass is 668 g/mol. The van der Waals surface area contributed by atoms with Crippen LogP contribution in [0.1, 0.15) is 6.92 Å². The van der Waals surface area contributed by atoms with Crippen LogP contribution in [0.3, 0.4) is 0 Å². The second-order valence-electron chi connectivity index (χ2n) is 7.73. The number of rotatable bonds is 12. The molecule has 0 heterocycles. The van der Waals surface area contributed by atoms with Crippen molar-refractivity contribution in [1.82, 2.24) is 0 Å². The zero-order chi connectivity index (χ0) is 34.1. The molecule has 0 rings (SSSR count). The normalized spacial score (nSPS) is 16.1. The van der Waals surface area contributed by atoms with E-state index >= 15 is 0 Å². The first-order chi connectivity index (χ1) is 17.3. The van der Waals surface area contributed by atoms with Crippen molar-refractivity contribution in [2.45, 2.75) is 72.3 Å². The van der Waals surface area contributed by atoms with Crippen molar-refractivity contribution < 1.29 is 111 Å². The number of esters is 1. The summed E-state index contributed by atoms with van der Waals surface area (Å²) in [6.07, 6.45) is -8.12. The first kappa shape index (κ1) is 38.6. The van der Waals surface area contributed by atoms with Gasteiger partial charge in [-0.1, -0.05) is 6.58 Å². The van der Waals surface area contributed by atoms with Crippen LogP contribution < -0.4 is 0 Å². The highest BCUT2D eigenvalue weighted by molar-refractivity contribution is 5.86. The largest absolute Gasteiger partial charge is 0.460 e. The molecule has 0 atom stereocenters. The van der Waals surface area contributed by atoms with Crippen molar-refractivity contribution in [3.63, 3.8) is 0 Å². The minimum Gasteiger partial charge on any atom is -0.456 e. The molecule has 0 aromatic heterocycles. The summed E-state index contributed by atoms with van der Waals surface area (Å²) in [5.41, 5.74) is -1.02. The highest BCUT2D eigenvalue weighted by Gasteiger charge is 2.98. The van der Waals surface area contributed by atoms with Crippen molar-refractivity contribution in [2.24, 2.45) is 0 Å². The van der Waals surface area contributed by atoms with Crippen LogP contribution in [0.15, 0.2) is 12.2 Å². The average molecular weight is 668 g/mol. The Labute approximate surface area is 209 Å². The molecular formula is C16H7F23O2. The SMILES string of the molecule is C=C(C)C(=O)OCC(F)(F)C(F)(F)C(F)(F)C(F)(F)C(F)(F)C(F)(F)C(F)(F)C(F)(F)C(F)(F)C(F)(F)C(F)(F)F. The Morgan fingerprint density at radius 1 is 0.463 bits per heavy atom. The van der Waals surface area contributed by atoms with E-state index in [2.05, 4.69) is 11.3 Å². The van der Waals surface area contributed by atoms with Crippen molar-refractivity contribution in [1.29, 1.82) is 0 Å². The van der Waals surface area contributed by atoms with E-state index in [4.69, 9.17) is 0 Å². The Bertz CT molecular complexity index is 1000. The van der Waals surface area contributed by atoms with E-state index in [0.717, 1.165) is 0 Å². The van der Waals surface area contributed by atoms with Gasteiger partial charge in [0.05, 0.1) is 0 Å². The smallest absolute Gasteiger partial charge is 0.456 e. The van der Waals surface area contributed by atoms with Gasteiger partial charge in [-0.2, -0.15) is 101 Å². The van der Waals surface area contributed by atoms with Crippen molar-refractivity contribution >= 4 is 5.97 Å². The summed E-state index contributed by atoms with van der Waals surface area (Å²) >= 11 is 0. The standard InChI is InChI=1S/C16H7F23O2/c1-4(2)5(40)41-3-6(17,18)7(19,20)8(21,22)9(23,24)10(25,26)11(27,28)12(29,30)13(31,32)14(33,34)15(35,36)16(37,38)39/h1,3H2,2H3. The van der Waals surface area contributed by atoms with Gasteiger partial charge >= 0.3 is 71.4 Å². The number of carbonyl (C=O) groups is 1. The summed E-state index contributed by atoms with van der Waals surface area (Å²) in [4.78, 5) is 10.9. The molecule has 0 aliphatic rings. The molecule has 41 heavy (non-hydrogen) atoms. The van der Waals surface area contributed by atoms with Crippen LogP contribution in [0.5, 0.6) is 0 Å². The van der Waals surface area contributed by atoms with Gasteiger partial charge in [0.15, 0.2) is 6.61 Å². The lowest BCUT2D eigenvalue weighted by Crippen LogP contribution is -2.77. The molecular weight excluding hydrogens is 661 g/mol. The van der Waals surface area contributed by atoms with E-state index in [-0.39, 0.29) is 0 Å². The first-order valence-electron chi connectivity index (χ1n) is 9.00. The number of hydrogen-bond donors (Lipinski definition) is 0. The Balaban J connectivity index is 7.08. The molecule has 0 saturated heterocycles. The molecule has 2 nitrogen and oxygen atoms in total. The Hall–Kier alpha value is -2.40. The maximum atomic E-state index is 13.7. The fourth-order valence-corrected chi connectivity index (χ4v) is 2.16. The van der Waals surface area contributed by atoms with Crippen molar-refractivity contribution in [2.75, 3.05) is 6.61 Å². The number of carbonyl (C=O) groups excluding carboxylic acids is 1. The van der Waals surface area contributed by atoms with Crippen LogP contribution in [0.2, 0.25) is 0 Å². The van der Waals surface area contributed by atoms with Crippen LogP contribution in [-0.2, 0) is 9.53 Å². The fourth-order valence-electron chi connectivity index (χ4n) is 2.16. The minimum absolute atomic E-state index is 0.536. The van der Waals surface area contributed by atoms with Gasteiger partial charge in [-0.25, -0.2) is 4.79 Å². The summed E-state index contributed by atoms with van der Waals surface area (Å²) < 4.78 is 308. The highest BCUT2D eigenvalue weighted by Crippen LogP contribution is 2.67. The van der Waals surface area contributed by atoms with Crippen LogP contribution in [-0.4, -0.2) is 78.0 Å². The number of hydrogen-bond acceptors (Lipinski definition) is 2.